The fourth-order valence-electron chi connectivity index (χ4n) is 1.79. The molecule has 0 saturated carbocycles. The first kappa shape index (κ1) is 13.8. The van der Waals surface area contributed by atoms with Gasteiger partial charge < -0.3 is 15.2 Å². The lowest BCUT2D eigenvalue weighted by Crippen LogP contribution is -2.23. The van der Waals surface area contributed by atoms with Gasteiger partial charge in [0.15, 0.2) is 0 Å². The molecule has 3 heteroatoms. The standard InChI is InChI=1S/C14H23NO2/c1-9(2)10(3)14(15)12-7-6-11(16-4)8-13(12)17-5/h6-10,14H,15H2,1-5H3. The van der Waals surface area contributed by atoms with Crippen LogP contribution in [0.25, 0.3) is 0 Å². The van der Waals surface area contributed by atoms with Gasteiger partial charge in [0.05, 0.1) is 14.2 Å². The van der Waals surface area contributed by atoms with E-state index in [1.165, 1.54) is 0 Å². The van der Waals surface area contributed by atoms with Crippen LogP contribution in [0.2, 0.25) is 0 Å². The monoisotopic (exact) mass is 237 g/mol. The van der Waals surface area contributed by atoms with Crippen molar-refractivity contribution in [1.82, 2.24) is 0 Å². The molecule has 0 heterocycles. The lowest BCUT2D eigenvalue weighted by atomic mass is 9.86. The Morgan fingerprint density at radius 3 is 2.18 bits per heavy atom. The zero-order valence-corrected chi connectivity index (χ0v) is 11.4. The van der Waals surface area contributed by atoms with Gasteiger partial charge in [-0.2, -0.15) is 0 Å². The smallest absolute Gasteiger partial charge is 0.127 e. The number of hydrogen-bond acceptors (Lipinski definition) is 3. The Labute approximate surface area is 104 Å². The zero-order valence-electron chi connectivity index (χ0n) is 11.4. The molecule has 0 saturated heterocycles. The third kappa shape index (κ3) is 3.13. The van der Waals surface area contributed by atoms with E-state index in [1.807, 2.05) is 18.2 Å². The summed E-state index contributed by atoms with van der Waals surface area (Å²) in [6.45, 7) is 6.53. The molecule has 0 aliphatic rings. The fourth-order valence-corrected chi connectivity index (χ4v) is 1.79. The third-order valence-electron chi connectivity index (χ3n) is 3.42. The minimum Gasteiger partial charge on any atom is -0.497 e. The second kappa shape index (κ2) is 5.92. The van der Waals surface area contributed by atoms with E-state index in [4.69, 9.17) is 15.2 Å². The van der Waals surface area contributed by atoms with Gasteiger partial charge in [-0.25, -0.2) is 0 Å². The molecule has 1 aromatic carbocycles. The van der Waals surface area contributed by atoms with Gasteiger partial charge in [-0.05, 0) is 17.9 Å². The predicted molar refractivity (Wildman–Crippen MR) is 70.5 cm³/mol. The maximum Gasteiger partial charge on any atom is 0.127 e. The molecule has 2 N–H and O–H groups in total. The lowest BCUT2D eigenvalue weighted by Gasteiger charge is -2.25. The van der Waals surface area contributed by atoms with E-state index >= 15 is 0 Å². The molecule has 2 atom stereocenters. The Balaban J connectivity index is 3.04. The predicted octanol–water partition coefficient (Wildman–Crippen LogP) is 3.00. The highest BCUT2D eigenvalue weighted by atomic mass is 16.5. The average Bonchev–Trinajstić information content (AvgIpc) is 2.35. The molecule has 0 aromatic heterocycles. The van der Waals surface area contributed by atoms with Gasteiger partial charge >= 0.3 is 0 Å². The van der Waals surface area contributed by atoms with Crippen molar-refractivity contribution < 1.29 is 9.47 Å². The highest BCUT2D eigenvalue weighted by Gasteiger charge is 2.21. The largest absolute Gasteiger partial charge is 0.497 e. The summed E-state index contributed by atoms with van der Waals surface area (Å²) < 4.78 is 10.6. The van der Waals surface area contributed by atoms with Gasteiger partial charge in [0.25, 0.3) is 0 Å². The van der Waals surface area contributed by atoms with Crippen molar-refractivity contribution in [3.05, 3.63) is 23.8 Å². The Hall–Kier alpha value is -1.22. The molecule has 0 fully saturated rings. The first-order valence-electron chi connectivity index (χ1n) is 5.98. The number of hydrogen-bond donors (Lipinski definition) is 1. The molecule has 0 radical (unpaired) electrons. The van der Waals surface area contributed by atoms with Crippen LogP contribution in [0.15, 0.2) is 18.2 Å². The van der Waals surface area contributed by atoms with E-state index in [0.29, 0.717) is 11.8 Å². The summed E-state index contributed by atoms with van der Waals surface area (Å²) in [6, 6.07) is 5.77. The first-order chi connectivity index (χ1) is 8.01. The van der Waals surface area contributed by atoms with E-state index in [9.17, 15) is 0 Å². The van der Waals surface area contributed by atoms with Crippen LogP contribution >= 0.6 is 0 Å². The maximum atomic E-state index is 6.29. The van der Waals surface area contributed by atoms with Crippen LogP contribution in [0.5, 0.6) is 11.5 Å². The fraction of sp³-hybridized carbons (Fsp3) is 0.571. The third-order valence-corrected chi connectivity index (χ3v) is 3.42. The Morgan fingerprint density at radius 1 is 1.06 bits per heavy atom. The number of ether oxygens (including phenoxy) is 2. The van der Waals surface area contributed by atoms with Gasteiger partial charge in [0, 0.05) is 17.7 Å². The molecule has 1 rings (SSSR count). The van der Waals surface area contributed by atoms with Crippen molar-refractivity contribution in [2.24, 2.45) is 17.6 Å². The van der Waals surface area contributed by atoms with E-state index in [1.54, 1.807) is 14.2 Å². The molecule has 3 nitrogen and oxygen atoms in total. The Morgan fingerprint density at radius 2 is 1.71 bits per heavy atom. The van der Waals surface area contributed by atoms with Crippen LogP contribution in [-0.2, 0) is 0 Å². The molecule has 1 aromatic rings. The van der Waals surface area contributed by atoms with Crippen LogP contribution in [-0.4, -0.2) is 14.2 Å². The molecule has 0 amide bonds. The van der Waals surface area contributed by atoms with E-state index in [0.717, 1.165) is 17.1 Å². The number of benzene rings is 1. The van der Waals surface area contributed by atoms with Crippen LogP contribution in [0, 0.1) is 11.8 Å². The average molecular weight is 237 g/mol. The molecule has 0 aliphatic heterocycles. The second-order valence-electron chi connectivity index (χ2n) is 4.74. The molecular weight excluding hydrogens is 214 g/mol. The quantitative estimate of drug-likeness (QED) is 0.856. The van der Waals surface area contributed by atoms with Crippen molar-refractivity contribution in [3.8, 4) is 11.5 Å². The summed E-state index contributed by atoms with van der Waals surface area (Å²) in [5.74, 6) is 2.52. The number of rotatable bonds is 5. The summed E-state index contributed by atoms with van der Waals surface area (Å²) in [5.41, 5.74) is 7.32. The van der Waals surface area contributed by atoms with Crippen molar-refractivity contribution in [3.63, 3.8) is 0 Å². The van der Waals surface area contributed by atoms with E-state index in [2.05, 4.69) is 20.8 Å². The van der Waals surface area contributed by atoms with Crippen molar-refractivity contribution in [1.29, 1.82) is 0 Å². The van der Waals surface area contributed by atoms with Crippen molar-refractivity contribution in [2.75, 3.05) is 14.2 Å². The van der Waals surface area contributed by atoms with E-state index in [-0.39, 0.29) is 6.04 Å². The normalized spacial score (nSPS) is 14.5. The minimum absolute atomic E-state index is 0.0177. The van der Waals surface area contributed by atoms with Gasteiger partial charge in [-0.15, -0.1) is 0 Å². The molecule has 0 spiro atoms. The molecule has 2 unspecified atom stereocenters. The summed E-state index contributed by atoms with van der Waals surface area (Å²) in [6.07, 6.45) is 0. The van der Waals surface area contributed by atoms with Gasteiger partial charge in [-0.1, -0.05) is 26.8 Å². The minimum atomic E-state index is -0.0177. The zero-order chi connectivity index (χ0) is 13.0. The Bertz CT molecular complexity index is 363. The van der Waals surface area contributed by atoms with Gasteiger partial charge in [0.2, 0.25) is 0 Å². The van der Waals surface area contributed by atoms with Crippen molar-refractivity contribution in [2.45, 2.75) is 26.8 Å². The molecule has 0 aliphatic carbocycles. The second-order valence-corrected chi connectivity index (χ2v) is 4.74. The number of nitrogens with two attached hydrogens (primary N) is 1. The van der Waals surface area contributed by atoms with E-state index < -0.39 is 0 Å². The highest BCUT2D eigenvalue weighted by Crippen LogP contribution is 2.33. The van der Waals surface area contributed by atoms with Gasteiger partial charge in [-0.3, -0.25) is 0 Å². The lowest BCUT2D eigenvalue weighted by molar-refractivity contribution is 0.336. The first-order valence-corrected chi connectivity index (χ1v) is 5.98. The van der Waals surface area contributed by atoms with Crippen LogP contribution in [0.4, 0.5) is 0 Å². The topological polar surface area (TPSA) is 44.5 Å². The van der Waals surface area contributed by atoms with Gasteiger partial charge in [0.1, 0.15) is 11.5 Å². The molecule has 0 bridgehead atoms. The van der Waals surface area contributed by atoms with Crippen molar-refractivity contribution >= 4 is 0 Å². The van der Waals surface area contributed by atoms with Crippen LogP contribution in [0.1, 0.15) is 32.4 Å². The summed E-state index contributed by atoms with van der Waals surface area (Å²) in [5, 5.41) is 0. The van der Waals surface area contributed by atoms with Crippen LogP contribution < -0.4 is 15.2 Å². The highest BCUT2D eigenvalue weighted by molar-refractivity contribution is 5.42. The summed E-state index contributed by atoms with van der Waals surface area (Å²) >= 11 is 0. The summed E-state index contributed by atoms with van der Waals surface area (Å²) in [4.78, 5) is 0. The Kier molecular flexibility index (Phi) is 4.82. The SMILES string of the molecule is COc1ccc(C(N)C(C)C(C)C)c(OC)c1. The molecular formula is C14H23NO2. The molecule has 17 heavy (non-hydrogen) atoms. The maximum absolute atomic E-state index is 6.29. The number of methoxy groups -OCH3 is 2. The molecule has 96 valence electrons. The summed E-state index contributed by atoms with van der Waals surface area (Å²) in [7, 11) is 3.30. The van der Waals surface area contributed by atoms with Crippen LogP contribution in [0.3, 0.4) is 0 Å².